The standard InChI is InChI=1S/C12H9F2N5O4/c13-11(14)23-9-3-2-8(19(21)22)5-7(9)1-4-10(20)17-12-15-6-16-18-12/h1-6,11H,(H2,15,16,17,18,20)/b4-1+. The fourth-order valence-corrected chi connectivity index (χ4v) is 1.57. The molecule has 2 N–H and O–H groups in total. The largest absolute Gasteiger partial charge is 0.434 e. The van der Waals surface area contributed by atoms with Crippen LogP contribution in [0.5, 0.6) is 5.75 Å². The number of carbonyl (C=O) groups excluding carboxylic acids is 1. The zero-order valence-electron chi connectivity index (χ0n) is 11.3. The summed E-state index contributed by atoms with van der Waals surface area (Å²) in [6, 6.07) is 3.05. The normalized spacial score (nSPS) is 10.9. The van der Waals surface area contributed by atoms with Crippen molar-refractivity contribution in [2.24, 2.45) is 0 Å². The molecule has 0 saturated heterocycles. The molecule has 0 spiro atoms. The van der Waals surface area contributed by atoms with E-state index < -0.39 is 17.4 Å². The lowest BCUT2D eigenvalue weighted by Gasteiger charge is -2.07. The highest BCUT2D eigenvalue weighted by atomic mass is 19.3. The lowest BCUT2D eigenvalue weighted by molar-refractivity contribution is -0.384. The lowest BCUT2D eigenvalue weighted by Crippen LogP contribution is -2.09. The van der Waals surface area contributed by atoms with Crippen LogP contribution in [0.3, 0.4) is 0 Å². The highest BCUT2D eigenvalue weighted by molar-refractivity contribution is 6.01. The molecular weight excluding hydrogens is 316 g/mol. The second-order valence-corrected chi connectivity index (χ2v) is 4.01. The van der Waals surface area contributed by atoms with Gasteiger partial charge < -0.3 is 4.74 Å². The summed E-state index contributed by atoms with van der Waals surface area (Å²) in [6.45, 7) is -3.10. The number of amides is 1. The number of nitro benzene ring substituents is 1. The van der Waals surface area contributed by atoms with Crippen LogP contribution in [-0.2, 0) is 4.79 Å². The molecule has 2 rings (SSSR count). The summed E-state index contributed by atoms with van der Waals surface area (Å²) in [4.78, 5) is 25.3. The summed E-state index contributed by atoms with van der Waals surface area (Å²) >= 11 is 0. The van der Waals surface area contributed by atoms with Gasteiger partial charge >= 0.3 is 6.61 Å². The van der Waals surface area contributed by atoms with E-state index in [-0.39, 0.29) is 22.9 Å². The number of aromatic amines is 1. The molecule has 1 amide bonds. The first-order valence-electron chi connectivity index (χ1n) is 6.03. The fraction of sp³-hybridized carbons (Fsp3) is 0.0833. The van der Waals surface area contributed by atoms with Gasteiger partial charge in [-0.3, -0.25) is 20.2 Å². The number of hydrogen-bond donors (Lipinski definition) is 2. The number of nitro groups is 1. The van der Waals surface area contributed by atoms with Gasteiger partial charge in [0, 0.05) is 23.8 Å². The zero-order chi connectivity index (χ0) is 16.8. The Kier molecular flexibility index (Phi) is 4.92. The van der Waals surface area contributed by atoms with Crippen molar-refractivity contribution in [3.63, 3.8) is 0 Å². The molecule has 1 aromatic heterocycles. The Morgan fingerprint density at radius 2 is 2.26 bits per heavy atom. The van der Waals surface area contributed by atoms with Crippen LogP contribution in [0.25, 0.3) is 6.08 Å². The van der Waals surface area contributed by atoms with Crippen LogP contribution in [-0.4, -0.2) is 32.6 Å². The molecule has 0 atom stereocenters. The molecule has 0 saturated carbocycles. The Hall–Kier alpha value is -3.37. The smallest absolute Gasteiger partial charge is 0.387 e. The van der Waals surface area contributed by atoms with Gasteiger partial charge in [-0.15, -0.1) is 0 Å². The van der Waals surface area contributed by atoms with E-state index in [0.29, 0.717) is 0 Å². The van der Waals surface area contributed by atoms with E-state index in [2.05, 4.69) is 25.2 Å². The molecule has 0 aliphatic carbocycles. The molecule has 120 valence electrons. The van der Waals surface area contributed by atoms with Crippen molar-refractivity contribution in [3.8, 4) is 5.75 Å². The van der Waals surface area contributed by atoms with Gasteiger partial charge in [0.15, 0.2) is 0 Å². The molecule has 0 unspecified atom stereocenters. The van der Waals surface area contributed by atoms with Gasteiger partial charge in [-0.1, -0.05) is 0 Å². The number of rotatable bonds is 6. The molecule has 0 radical (unpaired) electrons. The number of hydrogen-bond acceptors (Lipinski definition) is 6. The van der Waals surface area contributed by atoms with Crippen molar-refractivity contribution in [3.05, 3.63) is 46.3 Å². The molecule has 2 aromatic rings. The topological polar surface area (TPSA) is 123 Å². The summed E-state index contributed by atoms with van der Waals surface area (Å²) in [7, 11) is 0. The average molecular weight is 325 g/mol. The van der Waals surface area contributed by atoms with Gasteiger partial charge in [0.2, 0.25) is 5.95 Å². The quantitative estimate of drug-likeness (QED) is 0.475. The van der Waals surface area contributed by atoms with Crippen LogP contribution in [0.1, 0.15) is 5.56 Å². The third-order valence-corrected chi connectivity index (χ3v) is 2.49. The van der Waals surface area contributed by atoms with Gasteiger partial charge in [0.1, 0.15) is 12.1 Å². The van der Waals surface area contributed by atoms with E-state index in [0.717, 1.165) is 30.4 Å². The van der Waals surface area contributed by atoms with Crippen LogP contribution < -0.4 is 10.1 Å². The lowest BCUT2D eigenvalue weighted by atomic mass is 10.1. The Labute approximate surface area is 127 Å². The van der Waals surface area contributed by atoms with E-state index in [1.54, 1.807) is 0 Å². The molecule has 0 aliphatic heterocycles. The van der Waals surface area contributed by atoms with E-state index in [4.69, 9.17) is 0 Å². The summed E-state index contributed by atoms with van der Waals surface area (Å²) in [5.74, 6) is -0.853. The first kappa shape index (κ1) is 16.0. The predicted molar refractivity (Wildman–Crippen MR) is 73.8 cm³/mol. The number of H-pyrrole nitrogens is 1. The van der Waals surface area contributed by atoms with Crippen LogP contribution in [0.4, 0.5) is 20.4 Å². The van der Waals surface area contributed by atoms with Gasteiger partial charge in [-0.25, -0.2) is 5.10 Å². The predicted octanol–water partition coefficient (Wildman–Crippen LogP) is 1.97. The van der Waals surface area contributed by atoms with Crippen molar-refractivity contribution in [2.75, 3.05) is 5.32 Å². The van der Waals surface area contributed by atoms with Crippen molar-refractivity contribution in [2.45, 2.75) is 6.61 Å². The molecule has 11 heteroatoms. The Balaban J connectivity index is 2.21. The third kappa shape index (κ3) is 4.56. The summed E-state index contributed by atoms with van der Waals surface area (Å²) in [5, 5.41) is 18.9. The Morgan fingerprint density at radius 1 is 1.48 bits per heavy atom. The number of ether oxygens (including phenoxy) is 1. The van der Waals surface area contributed by atoms with Gasteiger partial charge in [-0.2, -0.15) is 18.9 Å². The van der Waals surface area contributed by atoms with Crippen molar-refractivity contribution in [1.29, 1.82) is 0 Å². The number of halogens is 2. The monoisotopic (exact) mass is 325 g/mol. The van der Waals surface area contributed by atoms with E-state index >= 15 is 0 Å². The minimum Gasteiger partial charge on any atom is -0.434 e. The number of anilines is 1. The Morgan fingerprint density at radius 3 is 2.87 bits per heavy atom. The molecule has 23 heavy (non-hydrogen) atoms. The number of non-ortho nitro benzene ring substituents is 1. The first-order chi connectivity index (χ1) is 11.0. The molecule has 0 fully saturated rings. The average Bonchev–Trinajstić information content (AvgIpc) is 2.98. The molecule has 1 aromatic carbocycles. The second-order valence-electron chi connectivity index (χ2n) is 4.01. The van der Waals surface area contributed by atoms with Crippen LogP contribution in [0.2, 0.25) is 0 Å². The van der Waals surface area contributed by atoms with E-state index in [1.165, 1.54) is 6.33 Å². The molecule has 0 aliphatic rings. The zero-order valence-corrected chi connectivity index (χ0v) is 11.3. The molecule has 9 nitrogen and oxygen atoms in total. The number of aromatic nitrogens is 3. The minimum atomic E-state index is -3.10. The van der Waals surface area contributed by atoms with Gasteiger partial charge in [0.05, 0.1) is 4.92 Å². The van der Waals surface area contributed by atoms with E-state index in [1.807, 2.05) is 0 Å². The number of nitrogens with zero attached hydrogens (tertiary/aromatic N) is 3. The third-order valence-electron chi connectivity index (χ3n) is 2.49. The van der Waals surface area contributed by atoms with Crippen LogP contribution in [0.15, 0.2) is 30.6 Å². The molecule has 1 heterocycles. The minimum absolute atomic E-state index is 0.0489. The van der Waals surface area contributed by atoms with E-state index in [9.17, 15) is 23.7 Å². The highest BCUT2D eigenvalue weighted by Gasteiger charge is 2.13. The highest BCUT2D eigenvalue weighted by Crippen LogP contribution is 2.26. The maximum absolute atomic E-state index is 12.3. The summed E-state index contributed by atoms with van der Waals surface area (Å²) in [5.41, 5.74) is -0.380. The first-order valence-corrected chi connectivity index (χ1v) is 6.03. The number of nitrogens with one attached hydrogen (secondary N) is 2. The summed E-state index contributed by atoms with van der Waals surface area (Å²) < 4.78 is 28.9. The van der Waals surface area contributed by atoms with Crippen molar-refractivity contribution in [1.82, 2.24) is 15.2 Å². The molecular formula is C12H9F2N5O4. The summed E-state index contributed by atoms with van der Waals surface area (Å²) in [6.07, 6.45) is 3.27. The second kappa shape index (κ2) is 7.06. The number of alkyl halides is 2. The maximum Gasteiger partial charge on any atom is 0.387 e. The van der Waals surface area contributed by atoms with Crippen molar-refractivity contribution < 1.29 is 23.2 Å². The van der Waals surface area contributed by atoms with Gasteiger partial charge in [-0.05, 0) is 12.1 Å². The SMILES string of the molecule is O=C(/C=C/c1cc([N+](=O)[O-])ccc1OC(F)F)Nc1ncn[nH]1. The fourth-order valence-electron chi connectivity index (χ4n) is 1.57. The Bertz CT molecular complexity index is 733. The van der Waals surface area contributed by atoms with Crippen LogP contribution >= 0.6 is 0 Å². The maximum atomic E-state index is 12.3. The molecule has 0 bridgehead atoms. The van der Waals surface area contributed by atoms with Gasteiger partial charge in [0.25, 0.3) is 11.6 Å². The van der Waals surface area contributed by atoms with Crippen LogP contribution in [0, 0.1) is 10.1 Å². The number of benzene rings is 1. The number of carbonyl (C=O) groups is 1. The van der Waals surface area contributed by atoms with Crippen molar-refractivity contribution >= 4 is 23.6 Å².